The Kier molecular flexibility index (Phi) is 3.86. The van der Waals surface area contributed by atoms with Gasteiger partial charge in [-0.15, -0.1) is 11.8 Å². The van der Waals surface area contributed by atoms with Crippen molar-refractivity contribution in [3.63, 3.8) is 0 Å². The smallest absolute Gasteiger partial charge is 0.272 e. The Morgan fingerprint density at radius 1 is 1.46 bits per heavy atom. The summed E-state index contributed by atoms with van der Waals surface area (Å²) in [4.78, 5) is 13.7. The molecule has 1 aliphatic heterocycles. The predicted octanol–water partition coefficient (Wildman–Crippen LogP) is 3.87. The van der Waals surface area contributed by atoms with Crippen LogP contribution in [0.4, 0.5) is 0 Å². The summed E-state index contributed by atoms with van der Waals surface area (Å²) in [5.41, 5.74) is 3.37. The fourth-order valence-corrected chi connectivity index (χ4v) is 4.07. The van der Waals surface area contributed by atoms with E-state index in [0.717, 1.165) is 21.7 Å². The third kappa shape index (κ3) is 2.61. The Morgan fingerprint density at radius 2 is 2.33 bits per heavy atom. The number of rotatable bonds is 3. The molecule has 5 nitrogen and oxygen atoms in total. The minimum Gasteiger partial charge on any atom is -0.467 e. The highest BCUT2D eigenvalue weighted by atomic mass is 35.5. The first kappa shape index (κ1) is 15.4. The maximum absolute atomic E-state index is 12.5. The summed E-state index contributed by atoms with van der Waals surface area (Å²) in [6, 6.07) is 9.43. The minimum absolute atomic E-state index is 0.200. The highest BCUT2D eigenvalue weighted by Gasteiger charge is 2.27. The number of fused-ring (bicyclic) bond motifs is 3. The Balaban J connectivity index is 1.67. The number of amides is 1. The second kappa shape index (κ2) is 6.03. The van der Waals surface area contributed by atoms with Gasteiger partial charge in [0.05, 0.1) is 18.5 Å². The van der Waals surface area contributed by atoms with Crippen molar-refractivity contribution >= 4 is 29.3 Å². The minimum atomic E-state index is -0.200. The molecule has 0 unspecified atom stereocenters. The van der Waals surface area contributed by atoms with Crippen molar-refractivity contribution in [2.75, 3.05) is 0 Å². The van der Waals surface area contributed by atoms with Gasteiger partial charge in [0.25, 0.3) is 5.91 Å². The number of nitrogens with zero attached hydrogens (tertiary/aromatic N) is 2. The van der Waals surface area contributed by atoms with E-state index >= 15 is 0 Å². The van der Waals surface area contributed by atoms with Crippen LogP contribution in [0.2, 0.25) is 5.02 Å². The number of furan rings is 1. The Hall–Kier alpha value is -2.18. The molecule has 0 bridgehead atoms. The van der Waals surface area contributed by atoms with Crippen LogP contribution in [0.25, 0.3) is 11.3 Å². The number of aryl methyl sites for hydroxylation is 1. The number of aromatic nitrogens is 2. The number of hydrogen-bond donors (Lipinski definition) is 1. The molecule has 2 aromatic heterocycles. The van der Waals surface area contributed by atoms with Crippen molar-refractivity contribution in [3.8, 4) is 11.3 Å². The fourth-order valence-electron chi connectivity index (χ4n) is 2.85. The maximum Gasteiger partial charge on any atom is 0.272 e. The Labute approximate surface area is 148 Å². The van der Waals surface area contributed by atoms with E-state index in [9.17, 15) is 4.79 Å². The van der Waals surface area contributed by atoms with E-state index in [2.05, 4.69) is 10.4 Å². The van der Waals surface area contributed by atoms with Gasteiger partial charge in [-0.2, -0.15) is 5.10 Å². The normalized spacial score (nSPS) is 12.6. The topological polar surface area (TPSA) is 60.1 Å². The number of nitrogens with one attached hydrogen (secondary N) is 1. The summed E-state index contributed by atoms with van der Waals surface area (Å²) in [5.74, 6) is 1.22. The molecule has 122 valence electrons. The average Bonchev–Trinajstić information content (AvgIpc) is 3.20. The van der Waals surface area contributed by atoms with Crippen LogP contribution in [0.3, 0.4) is 0 Å². The molecule has 1 N–H and O–H groups in total. The van der Waals surface area contributed by atoms with E-state index in [1.54, 1.807) is 28.8 Å². The molecule has 1 amide bonds. The fraction of sp³-hybridized carbons (Fsp3) is 0.176. The summed E-state index contributed by atoms with van der Waals surface area (Å²) in [5, 5.41) is 7.97. The Bertz CT molecular complexity index is 918. The van der Waals surface area contributed by atoms with E-state index < -0.39 is 0 Å². The van der Waals surface area contributed by atoms with Crippen molar-refractivity contribution in [1.29, 1.82) is 0 Å². The van der Waals surface area contributed by atoms with Gasteiger partial charge >= 0.3 is 0 Å². The van der Waals surface area contributed by atoms with E-state index in [-0.39, 0.29) is 5.91 Å². The lowest BCUT2D eigenvalue weighted by Gasteiger charge is -2.17. The second-order valence-electron chi connectivity index (χ2n) is 5.49. The lowest BCUT2D eigenvalue weighted by molar-refractivity contribution is 0.0941. The quantitative estimate of drug-likeness (QED) is 0.771. The number of carbonyl (C=O) groups is 1. The number of halogens is 1. The third-order valence-corrected chi connectivity index (χ3v) is 5.27. The summed E-state index contributed by atoms with van der Waals surface area (Å²) >= 11 is 7.83. The van der Waals surface area contributed by atoms with Gasteiger partial charge in [0, 0.05) is 33.8 Å². The molecular formula is C17H14ClN3O2S. The van der Waals surface area contributed by atoms with E-state index in [4.69, 9.17) is 16.0 Å². The van der Waals surface area contributed by atoms with E-state index in [0.29, 0.717) is 28.8 Å². The van der Waals surface area contributed by atoms with Gasteiger partial charge in [0.2, 0.25) is 0 Å². The maximum atomic E-state index is 12.5. The van der Waals surface area contributed by atoms with Crippen LogP contribution in [-0.4, -0.2) is 15.7 Å². The molecule has 24 heavy (non-hydrogen) atoms. The molecule has 7 heteroatoms. The van der Waals surface area contributed by atoms with Gasteiger partial charge < -0.3 is 9.73 Å². The number of thioether (sulfide) groups is 1. The first-order valence-electron chi connectivity index (χ1n) is 7.42. The van der Waals surface area contributed by atoms with Gasteiger partial charge in [-0.3, -0.25) is 9.48 Å². The van der Waals surface area contributed by atoms with Crippen LogP contribution >= 0.6 is 23.4 Å². The highest BCUT2D eigenvalue weighted by Crippen LogP contribution is 2.43. The summed E-state index contributed by atoms with van der Waals surface area (Å²) in [6.07, 6.45) is 1.58. The zero-order valence-corrected chi connectivity index (χ0v) is 14.4. The molecule has 4 rings (SSSR count). The lowest BCUT2D eigenvalue weighted by atomic mass is 10.1. The first-order chi connectivity index (χ1) is 11.6. The zero-order valence-electron chi connectivity index (χ0n) is 12.9. The van der Waals surface area contributed by atoms with Crippen LogP contribution in [0.15, 0.2) is 45.9 Å². The van der Waals surface area contributed by atoms with Gasteiger partial charge in [-0.05, 0) is 30.3 Å². The number of hydrogen-bond acceptors (Lipinski definition) is 4. The molecule has 1 aliphatic rings. The molecule has 0 fully saturated rings. The molecule has 3 heterocycles. The molecular weight excluding hydrogens is 346 g/mol. The van der Waals surface area contributed by atoms with Gasteiger partial charge in [0.1, 0.15) is 5.76 Å². The van der Waals surface area contributed by atoms with Crippen molar-refractivity contribution < 1.29 is 9.21 Å². The zero-order chi connectivity index (χ0) is 16.7. The SMILES string of the molecule is Cn1nc(C(=O)NCc2ccco2)c2c1-c1cc(Cl)ccc1SC2. The molecule has 3 aromatic rings. The molecule has 0 aliphatic carbocycles. The molecule has 0 saturated heterocycles. The van der Waals surface area contributed by atoms with Gasteiger partial charge in [-0.1, -0.05) is 11.6 Å². The van der Waals surface area contributed by atoms with Gasteiger partial charge in [0.15, 0.2) is 5.69 Å². The van der Waals surface area contributed by atoms with E-state index in [1.165, 1.54) is 0 Å². The van der Waals surface area contributed by atoms with Crippen LogP contribution in [0, 0.1) is 0 Å². The molecule has 0 radical (unpaired) electrons. The van der Waals surface area contributed by atoms with Crippen LogP contribution in [-0.2, 0) is 19.3 Å². The number of benzene rings is 1. The highest BCUT2D eigenvalue weighted by molar-refractivity contribution is 7.98. The van der Waals surface area contributed by atoms with Crippen molar-refractivity contribution in [3.05, 3.63) is 58.6 Å². The Morgan fingerprint density at radius 3 is 3.12 bits per heavy atom. The largest absolute Gasteiger partial charge is 0.467 e. The van der Waals surface area contributed by atoms with Crippen LogP contribution < -0.4 is 5.32 Å². The van der Waals surface area contributed by atoms with Crippen molar-refractivity contribution in [1.82, 2.24) is 15.1 Å². The lowest BCUT2D eigenvalue weighted by Crippen LogP contribution is -2.24. The van der Waals surface area contributed by atoms with Crippen LogP contribution in [0.1, 0.15) is 21.8 Å². The summed E-state index contributed by atoms with van der Waals surface area (Å²) < 4.78 is 6.99. The molecule has 1 aromatic carbocycles. The second-order valence-corrected chi connectivity index (χ2v) is 6.94. The molecule has 0 atom stereocenters. The van der Waals surface area contributed by atoms with Crippen molar-refractivity contribution in [2.24, 2.45) is 7.05 Å². The summed E-state index contributed by atoms with van der Waals surface area (Å²) in [6.45, 7) is 0.340. The van der Waals surface area contributed by atoms with E-state index in [1.807, 2.05) is 31.3 Å². The number of carbonyl (C=O) groups excluding carboxylic acids is 1. The molecule has 0 spiro atoms. The van der Waals surface area contributed by atoms with Gasteiger partial charge in [-0.25, -0.2) is 0 Å². The molecule has 0 saturated carbocycles. The standard InChI is InChI=1S/C17H14ClN3O2S/c1-21-16-12-7-10(18)4-5-14(12)24-9-13(16)15(20-21)17(22)19-8-11-3-2-6-23-11/h2-7H,8-9H2,1H3,(H,19,22). The van der Waals surface area contributed by atoms with Crippen LogP contribution in [0.5, 0.6) is 0 Å². The first-order valence-corrected chi connectivity index (χ1v) is 8.79. The summed E-state index contributed by atoms with van der Waals surface area (Å²) in [7, 11) is 1.85. The average molecular weight is 360 g/mol. The van der Waals surface area contributed by atoms with Crippen molar-refractivity contribution in [2.45, 2.75) is 17.2 Å². The third-order valence-electron chi connectivity index (χ3n) is 3.93. The monoisotopic (exact) mass is 359 g/mol. The predicted molar refractivity (Wildman–Crippen MR) is 93.1 cm³/mol.